The van der Waals surface area contributed by atoms with Crippen molar-refractivity contribution in [3.8, 4) is 33.8 Å². The van der Waals surface area contributed by atoms with E-state index in [4.69, 9.17) is 95.5 Å². The van der Waals surface area contributed by atoms with Gasteiger partial charge in [0, 0.05) is 31.3 Å². The third-order valence-corrected chi connectivity index (χ3v) is 13.0. The van der Waals surface area contributed by atoms with Crippen LogP contribution in [0.3, 0.4) is 0 Å². The quantitative estimate of drug-likeness (QED) is 0.0916. The van der Waals surface area contributed by atoms with Crippen molar-refractivity contribution in [2.24, 2.45) is 0 Å². The van der Waals surface area contributed by atoms with Gasteiger partial charge in [0.1, 0.15) is 27.1 Å². The average Bonchev–Trinajstić information content (AvgIpc) is 3.25. The summed E-state index contributed by atoms with van der Waals surface area (Å²) >= 11 is 33.2. The lowest BCUT2D eigenvalue weighted by Gasteiger charge is -2.13. The number of hydrogen-bond acceptors (Lipinski definition) is 7. The molecule has 0 aromatic heterocycles. The molecule has 0 heterocycles. The first-order chi connectivity index (χ1) is 30.1. The fourth-order valence-corrected chi connectivity index (χ4v) is 9.51. The zero-order chi connectivity index (χ0) is 47.4. The highest BCUT2D eigenvalue weighted by molar-refractivity contribution is 8.13. The Balaban J connectivity index is 0.000000205. The molecule has 0 spiro atoms. The van der Waals surface area contributed by atoms with Gasteiger partial charge in [-0.3, -0.25) is 0 Å². The number of anilines is 1. The van der Waals surface area contributed by atoms with Crippen molar-refractivity contribution < 1.29 is 39.5 Å². The number of hydrogen-bond donors (Lipinski definition) is 1. The van der Waals surface area contributed by atoms with Crippen LogP contribution in [0.15, 0.2) is 149 Å². The predicted molar refractivity (Wildman–Crippen MR) is 254 cm³/mol. The molecule has 0 amide bonds. The fraction of sp³-hybridized carbons (Fsp3) is 0.0667. The Kier molecular flexibility index (Phi) is 19.4. The first kappa shape index (κ1) is 52.3. The lowest BCUT2D eigenvalue weighted by molar-refractivity contribution is 0.411. The van der Waals surface area contributed by atoms with E-state index in [-0.39, 0.29) is 25.1 Å². The number of ether oxygens (including phenoxy) is 2. The van der Waals surface area contributed by atoms with Crippen LogP contribution in [-0.4, -0.2) is 31.1 Å². The zero-order valence-corrected chi connectivity index (χ0v) is 40.0. The van der Waals surface area contributed by atoms with E-state index in [1.165, 1.54) is 25.3 Å². The van der Waals surface area contributed by atoms with Crippen LogP contribution in [0, 0.1) is 17.5 Å². The van der Waals surface area contributed by atoms with E-state index in [2.05, 4.69) is 12.1 Å². The second-order valence-electron chi connectivity index (χ2n) is 12.9. The van der Waals surface area contributed by atoms with E-state index in [1.807, 2.05) is 72.8 Å². The zero-order valence-electron chi connectivity index (χ0n) is 33.1. The number of nitrogens with two attached hydrogens (primary N) is 1. The molecule has 0 fully saturated rings. The first-order valence-electron chi connectivity index (χ1n) is 17.9. The maximum atomic E-state index is 14.3. The van der Waals surface area contributed by atoms with Gasteiger partial charge in [0.2, 0.25) is 0 Å². The second kappa shape index (κ2) is 23.7. The predicted octanol–water partition coefficient (Wildman–Crippen LogP) is 14.9. The largest absolute Gasteiger partial charge is 0.496 e. The first-order valence-corrected chi connectivity index (χ1v) is 24.2. The summed E-state index contributed by atoms with van der Waals surface area (Å²) < 4.78 is 97.2. The molecule has 19 heteroatoms. The van der Waals surface area contributed by atoms with Gasteiger partial charge >= 0.3 is 0 Å². The van der Waals surface area contributed by atoms with E-state index in [1.54, 1.807) is 19.2 Å². The highest BCUT2D eigenvalue weighted by Crippen LogP contribution is 2.34. The van der Waals surface area contributed by atoms with Crippen LogP contribution in [-0.2, 0) is 24.6 Å². The van der Waals surface area contributed by atoms with Crippen molar-refractivity contribution >= 4 is 105 Å². The van der Waals surface area contributed by atoms with E-state index in [0.29, 0.717) is 22.0 Å². The number of benzene rings is 7. The van der Waals surface area contributed by atoms with Crippen molar-refractivity contribution in [3.63, 3.8) is 0 Å². The Bertz CT molecular complexity index is 2950. The van der Waals surface area contributed by atoms with Gasteiger partial charge in [-0.1, -0.05) is 142 Å². The molecule has 2 N–H and O–H groups in total. The number of rotatable bonds is 8. The van der Waals surface area contributed by atoms with Crippen LogP contribution >= 0.6 is 80.3 Å². The van der Waals surface area contributed by atoms with Crippen LogP contribution < -0.4 is 15.2 Å². The van der Waals surface area contributed by atoms with Crippen LogP contribution in [0.4, 0.5) is 18.9 Å². The van der Waals surface area contributed by atoms with Crippen molar-refractivity contribution in [1.82, 2.24) is 0 Å². The van der Waals surface area contributed by atoms with Gasteiger partial charge in [-0.15, -0.1) is 0 Å². The molecule has 0 radical (unpaired) electrons. The standard InChI is InChI=1S/C20H15Cl2FO3S.C13H13NO.C6H2Cl3FO2S.C6H3Cl2F/c1-26-18-8-7-14(13-5-3-2-4-6-13)9-15(18)12-27(24,25)19-11-16(21)10-17(22)20(19)23;1-15-13-8-7-11(9-12(13)14)10-5-3-2-4-6-10;7-3-1-4(8)6(10)5(2-3)13(9,11)12;7-4-1-2-6(9)5(8)3-4/h2-11H,12H2,1H3;2-9H,14H2,1H3;1-2H;1-3H. The fourth-order valence-electron chi connectivity index (χ4n) is 5.47. The molecule has 0 saturated heterocycles. The Labute approximate surface area is 403 Å². The van der Waals surface area contributed by atoms with E-state index >= 15 is 0 Å². The normalized spacial score (nSPS) is 10.9. The topological polar surface area (TPSA) is 113 Å². The molecule has 0 aliphatic carbocycles. The van der Waals surface area contributed by atoms with Crippen molar-refractivity contribution in [1.29, 1.82) is 0 Å². The number of halogens is 10. The van der Waals surface area contributed by atoms with Gasteiger partial charge in [-0.2, -0.15) is 0 Å². The van der Waals surface area contributed by atoms with Gasteiger partial charge in [-0.05, 0) is 89.0 Å². The Morgan fingerprint density at radius 3 is 1.41 bits per heavy atom. The molecule has 0 saturated carbocycles. The highest BCUT2D eigenvalue weighted by atomic mass is 35.7. The summed E-state index contributed by atoms with van der Waals surface area (Å²) in [5, 5.41) is -0.169. The SMILES string of the molecule is COc1ccc(-c2ccccc2)cc1CS(=O)(=O)c1cc(Cl)cc(Cl)c1F.COc1ccc(-c2ccccc2)cc1N.Fc1ccc(Cl)cc1Cl.O=S(=O)(Cl)c1cc(Cl)cc(Cl)c1F. The third-order valence-electron chi connectivity index (χ3n) is 8.47. The van der Waals surface area contributed by atoms with E-state index < -0.39 is 51.9 Å². The van der Waals surface area contributed by atoms with Crippen molar-refractivity contribution in [2.45, 2.75) is 15.5 Å². The van der Waals surface area contributed by atoms with Crippen LogP contribution in [0.25, 0.3) is 22.3 Å². The minimum Gasteiger partial charge on any atom is -0.496 e. The molecule has 7 aromatic carbocycles. The summed E-state index contributed by atoms with van der Waals surface area (Å²) in [6, 6.07) is 38.9. The van der Waals surface area contributed by atoms with Crippen molar-refractivity contribution in [3.05, 3.63) is 193 Å². The molecule has 7 rings (SSSR count). The van der Waals surface area contributed by atoms with E-state index in [9.17, 15) is 30.0 Å². The summed E-state index contributed by atoms with van der Waals surface area (Å²) in [4.78, 5) is -1.25. The summed E-state index contributed by atoms with van der Waals surface area (Å²) in [7, 11) is -0.204. The third kappa shape index (κ3) is 14.8. The number of nitrogen functional groups attached to an aromatic ring is 1. The molecule has 0 aliphatic rings. The monoisotopic (exact) mass is 1050 g/mol. The van der Waals surface area contributed by atoms with Crippen LogP contribution in [0.1, 0.15) is 5.56 Å². The Morgan fingerprint density at radius 2 is 0.953 bits per heavy atom. The molecular weight excluding hydrogens is 1020 g/mol. The Morgan fingerprint density at radius 1 is 0.500 bits per heavy atom. The molecule has 0 bridgehead atoms. The summed E-state index contributed by atoms with van der Waals surface area (Å²) in [6.07, 6.45) is 0. The maximum absolute atomic E-state index is 14.3. The Hall–Kier alpha value is -4.34. The molecule has 7 aromatic rings. The lowest BCUT2D eigenvalue weighted by Crippen LogP contribution is -2.09. The van der Waals surface area contributed by atoms with Crippen molar-refractivity contribution in [2.75, 3.05) is 20.0 Å². The van der Waals surface area contributed by atoms with Gasteiger partial charge in [0.15, 0.2) is 21.5 Å². The summed E-state index contributed by atoms with van der Waals surface area (Å²) in [5.41, 5.74) is 10.9. The molecular formula is C45H33Cl7F3NO6S2. The molecule has 64 heavy (non-hydrogen) atoms. The maximum Gasteiger partial charge on any atom is 0.264 e. The molecule has 0 atom stereocenters. The molecule has 0 unspecified atom stereocenters. The smallest absolute Gasteiger partial charge is 0.264 e. The minimum atomic E-state index is -4.15. The second-order valence-corrected chi connectivity index (χ2v) is 19.9. The van der Waals surface area contributed by atoms with Crippen LogP contribution in [0.5, 0.6) is 11.5 Å². The van der Waals surface area contributed by atoms with Crippen LogP contribution in [0.2, 0.25) is 30.1 Å². The molecule has 336 valence electrons. The van der Waals surface area contributed by atoms with Gasteiger partial charge in [-0.25, -0.2) is 30.0 Å². The van der Waals surface area contributed by atoms with Gasteiger partial charge in [0.25, 0.3) is 9.05 Å². The summed E-state index contributed by atoms with van der Waals surface area (Å²) in [5.74, 6) is -1.90. The number of sulfone groups is 1. The van der Waals surface area contributed by atoms with Gasteiger partial charge < -0.3 is 15.2 Å². The molecule has 0 aliphatic heterocycles. The minimum absolute atomic E-state index is 0.00521. The number of methoxy groups -OCH3 is 2. The summed E-state index contributed by atoms with van der Waals surface area (Å²) in [6.45, 7) is 0. The lowest BCUT2D eigenvalue weighted by atomic mass is 10.0. The van der Waals surface area contributed by atoms with Gasteiger partial charge in [0.05, 0.1) is 40.7 Å². The van der Waals surface area contributed by atoms with E-state index in [0.717, 1.165) is 52.3 Å². The average molecular weight is 1050 g/mol. The highest BCUT2D eigenvalue weighted by Gasteiger charge is 2.25. The molecule has 7 nitrogen and oxygen atoms in total.